The first-order chi connectivity index (χ1) is 13.3. The molecule has 1 heterocycles. The highest BCUT2D eigenvalue weighted by molar-refractivity contribution is 6.32. The van der Waals surface area contributed by atoms with Gasteiger partial charge < -0.3 is 10.1 Å². The van der Waals surface area contributed by atoms with Gasteiger partial charge >= 0.3 is 5.97 Å². The summed E-state index contributed by atoms with van der Waals surface area (Å²) >= 11 is 6.03. The van der Waals surface area contributed by atoms with Gasteiger partial charge in [0, 0.05) is 11.1 Å². The number of rotatable bonds is 4. The molecule has 3 rings (SSSR count). The van der Waals surface area contributed by atoms with Gasteiger partial charge in [0.05, 0.1) is 11.4 Å². The second-order valence-corrected chi connectivity index (χ2v) is 7.13. The van der Waals surface area contributed by atoms with Crippen LogP contribution in [0.3, 0.4) is 0 Å². The first-order valence-corrected chi connectivity index (χ1v) is 9.01. The Morgan fingerprint density at radius 1 is 1.14 bits per heavy atom. The molecule has 0 unspecified atom stereocenters. The number of anilines is 2. The van der Waals surface area contributed by atoms with E-state index in [9.17, 15) is 14.4 Å². The summed E-state index contributed by atoms with van der Waals surface area (Å²) in [4.78, 5) is 38.5. The van der Waals surface area contributed by atoms with E-state index in [4.69, 9.17) is 16.3 Å². The number of halogens is 1. The Bertz CT molecular complexity index is 968. The van der Waals surface area contributed by atoms with Crippen molar-refractivity contribution in [1.82, 2.24) is 0 Å². The Kier molecular flexibility index (Phi) is 5.51. The number of ether oxygens (including phenoxy) is 1. The van der Waals surface area contributed by atoms with Gasteiger partial charge in [0.2, 0.25) is 5.91 Å². The Labute approximate surface area is 167 Å². The molecule has 0 spiro atoms. The minimum Gasteiger partial charge on any atom is -0.452 e. The first kappa shape index (κ1) is 19.6. The summed E-state index contributed by atoms with van der Waals surface area (Å²) in [5.41, 5.74) is 0.630. The average Bonchev–Trinajstić information content (AvgIpc) is 2.66. The standard InChI is InChI=1S/C21H19ClN2O4/c1-21(2)20(27)23-16-9-5-6-10-17(16)24(21)18(25)13-28-19(26)12-11-14-7-3-4-8-15(14)22/h3-12H,13H2,1-2H3,(H,23,27)/b12-11+. The van der Waals surface area contributed by atoms with E-state index in [1.807, 2.05) is 0 Å². The van der Waals surface area contributed by atoms with Gasteiger partial charge in [-0.3, -0.25) is 14.5 Å². The van der Waals surface area contributed by atoms with Crippen molar-refractivity contribution in [1.29, 1.82) is 0 Å². The third-order valence-corrected chi connectivity index (χ3v) is 4.74. The van der Waals surface area contributed by atoms with Crippen LogP contribution in [-0.2, 0) is 19.1 Å². The molecule has 1 aliphatic rings. The van der Waals surface area contributed by atoms with Crippen LogP contribution >= 0.6 is 11.6 Å². The predicted molar refractivity (Wildman–Crippen MR) is 108 cm³/mol. The van der Waals surface area contributed by atoms with Crippen LogP contribution in [0.1, 0.15) is 19.4 Å². The number of benzene rings is 2. The predicted octanol–water partition coefficient (Wildman–Crippen LogP) is 3.66. The van der Waals surface area contributed by atoms with Crippen molar-refractivity contribution in [2.24, 2.45) is 0 Å². The molecule has 2 aromatic rings. The molecule has 7 heteroatoms. The smallest absolute Gasteiger partial charge is 0.331 e. The molecule has 0 aromatic heterocycles. The van der Waals surface area contributed by atoms with E-state index < -0.39 is 24.0 Å². The first-order valence-electron chi connectivity index (χ1n) is 8.63. The molecule has 0 bridgehead atoms. The summed E-state index contributed by atoms with van der Waals surface area (Å²) in [6.45, 7) is 2.78. The van der Waals surface area contributed by atoms with Crippen molar-refractivity contribution in [3.8, 4) is 0 Å². The fourth-order valence-electron chi connectivity index (χ4n) is 2.91. The largest absolute Gasteiger partial charge is 0.452 e. The number of carbonyl (C=O) groups excluding carboxylic acids is 3. The van der Waals surface area contributed by atoms with Crippen LogP contribution in [0.4, 0.5) is 11.4 Å². The maximum Gasteiger partial charge on any atom is 0.331 e. The van der Waals surface area contributed by atoms with Gasteiger partial charge in [-0.15, -0.1) is 0 Å². The maximum absolute atomic E-state index is 12.8. The molecule has 28 heavy (non-hydrogen) atoms. The molecule has 2 amide bonds. The summed E-state index contributed by atoms with van der Waals surface area (Å²) in [6.07, 6.45) is 2.72. The summed E-state index contributed by atoms with van der Waals surface area (Å²) in [6, 6.07) is 14.0. The molecule has 0 radical (unpaired) electrons. The lowest BCUT2D eigenvalue weighted by Gasteiger charge is -2.41. The normalized spacial score (nSPS) is 15.1. The van der Waals surface area contributed by atoms with Crippen LogP contribution in [-0.4, -0.2) is 29.9 Å². The van der Waals surface area contributed by atoms with E-state index >= 15 is 0 Å². The lowest BCUT2D eigenvalue weighted by Crippen LogP contribution is -2.59. The van der Waals surface area contributed by atoms with Crippen LogP contribution in [0, 0.1) is 0 Å². The second-order valence-electron chi connectivity index (χ2n) is 6.72. The van der Waals surface area contributed by atoms with E-state index in [0.717, 1.165) is 0 Å². The van der Waals surface area contributed by atoms with Crippen molar-refractivity contribution in [3.05, 3.63) is 65.2 Å². The molecule has 0 atom stereocenters. The lowest BCUT2D eigenvalue weighted by molar-refractivity contribution is -0.143. The molecule has 0 saturated carbocycles. The zero-order valence-electron chi connectivity index (χ0n) is 15.4. The molecule has 0 aliphatic carbocycles. The minimum atomic E-state index is -1.12. The van der Waals surface area contributed by atoms with Gasteiger partial charge in [-0.2, -0.15) is 0 Å². The third-order valence-electron chi connectivity index (χ3n) is 4.40. The topological polar surface area (TPSA) is 75.7 Å². The van der Waals surface area contributed by atoms with Crippen molar-refractivity contribution in [3.63, 3.8) is 0 Å². The van der Waals surface area contributed by atoms with E-state index in [2.05, 4.69) is 5.32 Å². The molecule has 0 saturated heterocycles. The number of fused-ring (bicyclic) bond motifs is 1. The Morgan fingerprint density at radius 3 is 2.57 bits per heavy atom. The van der Waals surface area contributed by atoms with E-state index in [1.54, 1.807) is 62.4 Å². The number of para-hydroxylation sites is 2. The van der Waals surface area contributed by atoms with Crippen molar-refractivity contribution >= 4 is 46.8 Å². The average molecular weight is 399 g/mol. The van der Waals surface area contributed by atoms with Crippen LogP contribution < -0.4 is 10.2 Å². The third kappa shape index (κ3) is 3.92. The van der Waals surface area contributed by atoms with Crippen LogP contribution in [0.5, 0.6) is 0 Å². The fraction of sp³-hybridized carbons (Fsp3) is 0.190. The highest BCUT2D eigenvalue weighted by Crippen LogP contribution is 2.36. The number of nitrogens with zero attached hydrogens (tertiary/aromatic N) is 1. The highest BCUT2D eigenvalue weighted by atomic mass is 35.5. The van der Waals surface area contributed by atoms with Gasteiger partial charge in [0.1, 0.15) is 5.54 Å². The summed E-state index contributed by atoms with van der Waals surface area (Å²) < 4.78 is 5.07. The fourth-order valence-corrected chi connectivity index (χ4v) is 3.11. The molecule has 1 aliphatic heterocycles. The number of hydrogen-bond acceptors (Lipinski definition) is 4. The van der Waals surface area contributed by atoms with Crippen LogP contribution in [0.15, 0.2) is 54.6 Å². The molecular formula is C21H19ClN2O4. The zero-order valence-corrected chi connectivity index (χ0v) is 16.2. The Balaban J connectivity index is 1.71. The zero-order chi connectivity index (χ0) is 20.3. The molecular weight excluding hydrogens is 380 g/mol. The van der Waals surface area contributed by atoms with Gasteiger partial charge in [0.25, 0.3) is 5.91 Å². The monoisotopic (exact) mass is 398 g/mol. The Hall–Kier alpha value is -3.12. The summed E-state index contributed by atoms with van der Waals surface area (Å²) in [5, 5.41) is 3.28. The number of hydrogen-bond donors (Lipinski definition) is 1. The number of carbonyl (C=O) groups is 3. The molecule has 144 valence electrons. The van der Waals surface area contributed by atoms with E-state index in [1.165, 1.54) is 17.1 Å². The molecule has 1 N–H and O–H groups in total. The summed E-state index contributed by atoms with van der Waals surface area (Å²) in [5.74, 6) is -1.49. The van der Waals surface area contributed by atoms with Gasteiger partial charge in [0.15, 0.2) is 6.61 Å². The van der Waals surface area contributed by atoms with Crippen LogP contribution in [0.2, 0.25) is 5.02 Å². The molecule has 2 aromatic carbocycles. The van der Waals surface area contributed by atoms with Crippen molar-refractivity contribution in [2.45, 2.75) is 19.4 Å². The maximum atomic E-state index is 12.8. The minimum absolute atomic E-state index is 0.315. The number of nitrogens with one attached hydrogen (secondary N) is 1. The second kappa shape index (κ2) is 7.86. The van der Waals surface area contributed by atoms with E-state index in [0.29, 0.717) is 22.0 Å². The van der Waals surface area contributed by atoms with Crippen molar-refractivity contribution < 1.29 is 19.1 Å². The summed E-state index contributed by atoms with van der Waals surface area (Å²) in [7, 11) is 0. The van der Waals surface area contributed by atoms with Gasteiger partial charge in [-0.1, -0.05) is 41.9 Å². The number of amides is 2. The number of esters is 1. The van der Waals surface area contributed by atoms with Crippen molar-refractivity contribution in [2.75, 3.05) is 16.8 Å². The molecule has 6 nitrogen and oxygen atoms in total. The van der Waals surface area contributed by atoms with Gasteiger partial charge in [-0.05, 0) is 43.7 Å². The lowest BCUT2D eigenvalue weighted by atomic mass is 9.96. The quantitative estimate of drug-likeness (QED) is 0.630. The molecule has 0 fully saturated rings. The van der Waals surface area contributed by atoms with Crippen LogP contribution in [0.25, 0.3) is 6.08 Å². The van der Waals surface area contributed by atoms with Gasteiger partial charge in [-0.25, -0.2) is 4.79 Å². The Morgan fingerprint density at radius 2 is 1.82 bits per heavy atom. The highest BCUT2D eigenvalue weighted by Gasteiger charge is 2.43. The van der Waals surface area contributed by atoms with E-state index in [-0.39, 0.29) is 5.91 Å². The SMILES string of the molecule is CC1(C)C(=O)Nc2ccccc2N1C(=O)COC(=O)/C=C/c1ccccc1Cl.